The second-order valence-corrected chi connectivity index (χ2v) is 5.24. The van der Waals surface area contributed by atoms with Crippen molar-refractivity contribution in [2.75, 3.05) is 32.6 Å². The maximum Gasteiger partial charge on any atom is 0.243 e. The minimum atomic E-state index is -0.161. The van der Waals surface area contributed by atoms with Gasteiger partial charge in [0.2, 0.25) is 5.91 Å². The fourth-order valence-corrected chi connectivity index (χ4v) is 2.14. The summed E-state index contributed by atoms with van der Waals surface area (Å²) >= 11 is 0. The van der Waals surface area contributed by atoms with Crippen LogP contribution in [0.2, 0.25) is 0 Å². The van der Waals surface area contributed by atoms with Crippen molar-refractivity contribution in [3.63, 3.8) is 0 Å². The van der Waals surface area contributed by atoms with Gasteiger partial charge >= 0.3 is 0 Å². The summed E-state index contributed by atoms with van der Waals surface area (Å²) < 4.78 is 5.14. The molecule has 1 amide bonds. The van der Waals surface area contributed by atoms with Gasteiger partial charge < -0.3 is 20.7 Å². The van der Waals surface area contributed by atoms with Crippen LogP contribution in [0.4, 0.5) is 5.69 Å². The lowest BCUT2D eigenvalue weighted by Crippen LogP contribution is -2.42. The van der Waals surface area contributed by atoms with Crippen LogP contribution in [-0.2, 0) is 11.2 Å². The first-order valence-electron chi connectivity index (χ1n) is 7.98. The van der Waals surface area contributed by atoms with Crippen LogP contribution in [0.15, 0.2) is 53.8 Å². The Morgan fingerprint density at radius 2 is 1.96 bits per heavy atom. The number of rotatable bonds is 7. The Bertz CT molecular complexity index is 692. The zero-order valence-electron chi connectivity index (χ0n) is 14.9. The van der Waals surface area contributed by atoms with Crippen molar-refractivity contribution in [1.29, 1.82) is 0 Å². The van der Waals surface area contributed by atoms with Crippen LogP contribution in [0, 0.1) is 0 Å². The van der Waals surface area contributed by atoms with Crippen LogP contribution >= 0.6 is 24.0 Å². The number of halogens is 1. The number of nitrogens with zero attached hydrogens (tertiary/aromatic N) is 2. The number of pyridine rings is 1. The van der Waals surface area contributed by atoms with Crippen LogP contribution < -0.4 is 20.7 Å². The monoisotopic (exact) mass is 469 g/mol. The molecule has 0 aliphatic carbocycles. The molecule has 7 nitrogen and oxygen atoms in total. The number of nitrogens with one attached hydrogen (secondary N) is 3. The minimum absolute atomic E-state index is 0. The molecule has 0 unspecified atom stereocenters. The number of hydrogen-bond donors (Lipinski definition) is 3. The Kier molecular flexibility index (Phi) is 10.1. The van der Waals surface area contributed by atoms with Crippen molar-refractivity contribution < 1.29 is 9.53 Å². The van der Waals surface area contributed by atoms with Gasteiger partial charge in [0.25, 0.3) is 0 Å². The molecular formula is C18H24IN5O2. The van der Waals surface area contributed by atoms with Crippen LogP contribution in [0.3, 0.4) is 0 Å². The van der Waals surface area contributed by atoms with Gasteiger partial charge in [-0.15, -0.1) is 24.0 Å². The number of carbonyl (C=O) groups is 1. The third-order valence-electron chi connectivity index (χ3n) is 3.45. The van der Waals surface area contributed by atoms with Crippen molar-refractivity contribution >= 4 is 41.5 Å². The molecule has 0 spiro atoms. The van der Waals surface area contributed by atoms with Crippen molar-refractivity contribution in [1.82, 2.24) is 15.6 Å². The number of guanidine groups is 1. The number of aromatic nitrogens is 1. The third kappa shape index (κ3) is 7.68. The van der Waals surface area contributed by atoms with Crippen LogP contribution in [0.1, 0.15) is 5.56 Å². The molecule has 26 heavy (non-hydrogen) atoms. The van der Waals surface area contributed by atoms with Gasteiger partial charge in [0.1, 0.15) is 5.75 Å². The lowest BCUT2D eigenvalue weighted by molar-refractivity contribution is -0.115. The third-order valence-corrected chi connectivity index (χ3v) is 3.45. The SMILES string of the molecule is CN=C(NCCc1ccc(OC)cc1)NCC(=O)Nc1cccnc1.I. The molecule has 0 bridgehead atoms. The highest BCUT2D eigenvalue weighted by molar-refractivity contribution is 14.0. The second kappa shape index (κ2) is 12.1. The summed E-state index contributed by atoms with van der Waals surface area (Å²) in [6.07, 6.45) is 4.09. The molecule has 0 aliphatic rings. The molecule has 0 radical (unpaired) electrons. The molecule has 1 heterocycles. The number of anilines is 1. The average Bonchev–Trinajstić information content (AvgIpc) is 2.66. The second-order valence-electron chi connectivity index (χ2n) is 5.24. The highest BCUT2D eigenvalue weighted by atomic mass is 127. The van der Waals surface area contributed by atoms with Crippen molar-refractivity contribution in [2.24, 2.45) is 4.99 Å². The number of hydrogen-bond acceptors (Lipinski definition) is 4. The maximum atomic E-state index is 11.9. The van der Waals surface area contributed by atoms with Gasteiger partial charge in [-0.3, -0.25) is 14.8 Å². The molecule has 3 N–H and O–H groups in total. The van der Waals surface area contributed by atoms with E-state index < -0.39 is 0 Å². The lowest BCUT2D eigenvalue weighted by Gasteiger charge is -2.12. The smallest absolute Gasteiger partial charge is 0.243 e. The van der Waals surface area contributed by atoms with E-state index in [1.807, 2.05) is 24.3 Å². The van der Waals surface area contributed by atoms with E-state index in [-0.39, 0.29) is 36.4 Å². The predicted octanol–water partition coefficient (Wildman–Crippen LogP) is 2.05. The normalized spacial score (nSPS) is 10.5. The van der Waals surface area contributed by atoms with Crippen molar-refractivity contribution in [2.45, 2.75) is 6.42 Å². The summed E-state index contributed by atoms with van der Waals surface area (Å²) in [6.45, 7) is 0.827. The first-order valence-corrected chi connectivity index (χ1v) is 7.98. The molecule has 140 valence electrons. The minimum Gasteiger partial charge on any atom is -0.497 e. The van der Waals surface area contributed by atoms with Crippen molar-refractivity contribution in [3.05, 3.63) is 54.4 Å². The van der Waals surface area contributed by atoms with Gasteiger partial charge in [-0.05, 0) is 36.2 Å². The molecule has 0 fully saturated rings. The molecule has 1 aromatic heterocycles. The topological polar surface area (TPSA) is 87.6 Å². The standard InChI is InChI=1S/C18H23N5O2.HI/c1-19-18(21-11-9-14-5-7-16(25-2)8-6-14)22-13-17(24)23-15-4-3-10-20-12-15;/h3-8,10,12H,9,11,13H2,1-2H3,(H,23,24)(H2,19,21,22);1H. The molecule has 8 heteroatoms. The quantitative estimate of drug-likeness (QED) is 0.328. The molecule has 0 saturated heterocycles. The summed E-state index contributed by atoms with van der Waals surface area (Å²) in [5, 5.41) is 8.92. The highest BCUT2D eigenvalue weighted by Gasteiger charge is 2.04. The first kappa shape index (κ1) is 21.7. The Balaban J connectivity index is 0.00000338. The van der Waals surface area contributed by atoms with Gasteiger partial charge in [0, 0.05) is 19.8 Å². The molecule has 0 atom stereocenters. The van der Waals surface area contributed by atoms with Crippen LogP contribution in [0.5, 0.6) is 5.75 Å². The van der Waals surface area contributed by atoms with Gasteiger partial charge in [-0.1, -0.05) is 12.1 Å². The number of benzene rings is 1. The summed E-state index contributed by atoms with van der Waals surface area (Å²) in [5.41, 5.74) is 1.86. The van der Waals surface area contributed by atoms with Crippen LogP contribution in [0.25, 0.3) is 0 Å². The summed E-state index contributed by atoms with van der Waals surface area (Å²) in [6, 6.07) is 11.5. The van der Waals surface area contributed by atoms with E-state index in [1.165, 1.54) is 5.56 Å². The zero-order valence-corrected chi connectivity index (χ0v) is 17.2. The number of ether oxygens (including phenoxy) is 1. The Morgan fingerprint density at radius 3 is 2.58 bits per heavy atom. The number of methoxy groups -OCH3 is 1. The molecule has 0 saturated carbocycles. The van der Waals surface area contributed by atoms with E-state index in [9.17, 15) is 4.79 Å². The van der Waals surface area contributed by atoms with Gasteiger partial charge in [0.05, 0.1) is 25.5 Å². The van der Waals surface area contributed by atoms with Gasteiger partial charge in [-0.25, -0.2) is 0 Å². The molecule has 2 rings (SSSR count). The summed E-state index contributed by atoms with van der Waals surface area (Å²) in [4.78, 5) is 20.0. The van der Waals surface area contributed by atoms with E-state index in [0.29, 0.717) is 18.2 Å². The predicted molar refractivity (Wildman–Crippen MR) is 114 cm³/mol. The fraction of sp³-hybridized carbons (Fsp3) is 0.278. The van der Waals surface area contributed by atoms with E-state index in [2.05, 4.69) is 25.9 Å². The highest BCUT2D eigenvalue weighted by Crippen LogP contribution is 2.11. The summed E-state index contributed by atoms with van der Waals surface area (Å²) in [7, 11) is 3.32. The Labute approximate surface area is 170 Å². The number of amides is 1. The first-order chi connectivity index (χ1) is 12.2. The van der Waals surface area contributed by atoms with E-state index in [4.69, 9.17) is 4.74 Å². The lowest BCUT2D eigenvalue weighted by atomic mass is 10.1. The molecule has 1 aromatic carbocycles. The average molecular weight is 469 g/mol. The number of carbonyl (C=O) groups excluding carboxylic acids is 1. The van der Waals surface area contributed by atoms with Gasteiger partial charge in [-0.2, -0.15) is 0 Å². The van der Waals surface area contributed by atoms with Crippen molar-refractivity contribution in [3.8, 4) is 5.75 Å². The zero-order chi connectivity index (χ0) is 17.9. The Hall–Kier alpha value is -2.36. The molecule has 2 aromatic rings. The fourth-order valence-electron chi connectivity index (χ4n) is 2.14. The largest absolute Gasteiger partial charge is 0.497 e. The van der Waals surface area contributed by atoms with E-state index >= 15 is 0 Å². The van der Waals surface area contributed by atoms with E-state index in [1.54, 1.807) is 38.7 Å². The van der Waals surface area contributed by atoms with Gasteiger partial charge in [0.15, 0.2) is 5.96 Å². The number of aliphatic imine (C=N–C) groups is 1. The maximum absolute atomic E-state index is 11.9. The summed E-state index contributed by atoms with van der Waals surface area (Å²) in [5.74, 6) is 1.26. The molecular weight excluding hydrogens is 445 g/mol. The molecule has 0 aliphatic heterocycles. The Morgan fingerprint density at radius 1 is 1.19 bits per heavy atom. The van der Waals surface area contributed by atoms with E-state index in [0.717, 1.165) is 12.2 Å². The van der Waals surface area contributed by atoms with Crippen LogP contribution in [-0.4, -0.2) is 44.1 Å².